The van der Waals surface area contributed by atoms with Gasteiger partial charge in [-0.1, -0.05) is 0 Å². The third-order valence-corrected chi connectivity index (χ3v) is 5.40. The molecule has 0 amide bonds. The van der Waals surface area contributed by atoms with E-state index in [9.17, 15) is 9.50 Å². The molecule has 0 saturated heterocycles. The first-order valence-corrected chi connectivity index (χ1v) is 9.39. The van der Waals surface area contributed by atoms with E-state index in [0.717, 1.165) is 42.6 Å². The van der Waals surface area contributed by atoms with Crippen LogP contribution in [0.4, 0.5) is 4.39 Å². The number of halogens is 1. The molecule has 1 aromatic carbocycles. The van der Waals surface area contributed by atoms with Crippen LogP contribution in [0.5, 0.6) is 6.01 Å². The van der Waals surface area contributed by atoms with E-state index < -0.39 is 5.60 Å². The summed E-state index contributed by atoms with van der Waals surface area (Å²) < 4.78 is 20.7. The van der Waals surface area contributed by atoms with Crippen LogP contribution in [0.25, 0.3) is 22.6 Å². The quantitative estimate of drug-likeness (QED) is 0.738. The molecule has 1 aliphatic carbocycles. The molecule has 146 valence electrons. The molecule has 0 aliphatic heterocycles. The maximum absolute atomic E-state index is 13.4. The first-order chi connectivity index (χ1) is 13.5. The molecule has 2 aromatic heterocycles. The van der Waals surface area contributed by atoms with Crippen LogP contribution < -0.4 is 4.74 Å². The zero-order valence-corrected chi connectivity index (χ0v) is 16.0. The lowest BCUT2D eigenvalue weighted by Crippen LogP contribution is -2.31. The summed E-state index contributed by atoms with van der Waals surface area (Å²) in [4.78, 5) is 13.2. The molecule has 7 heteroatoms. The molecule has 2 heterocycles. The largest absolute Gasteiger partial charge is 0.467 e. The van der Waals surface area contributed by atoms with E-state index in [1.807, 2.05) is 19.3 Å². The van der Waals surface area contributed by atoms with Crippen LogP contribution in [0.1, 0.15) is 38.6 Å². The summed E-state index contributed by atoms with van der Waals surface area (Å²) in [6.45, 7) is 1.89. The van der Waals surface area contributed by atoms with Crippen LogP contribution in [-0.4, -0.2) is 37.3 Å². The highest BCUT2D eigenvalue weighted by Crippen LogP contribution is 2.39. The number of hydrogen-bond donors (Lipinski definition) is 1. The van der Waals surface area contributed by atoms with E-state index in [0.29, 0.717) is 5.69 Å². The van der Waals surface area contributed by atoms with Gasteiger partial charge in [0.15, 0.2) is 0 Å². The van der Waals surface area contributed by atoms with Crippen LogP contribution in [0.2, 0.25) is 0 Å². The molecule has 3 aromatic rings. The van der Waals surface area contributed by atoms with Crippen LogP contribution in [0.3, 0.4) is 0 Å². The van der Waals surface area contributed by atoms with Gasteiger partial charge in [-0.25, -0.2) is 14.4 Å². The molecule has 0 radical (unpaired) electrons. The van der Waals surface area contributed by atoms with Crippen molar-refractivity contribution in [3.05, 3.63) is 48.7 Å². The molecule has 1 aliphatic rings. The van der Waals surface area contributed by atoms with Gasteiger partial charge in [-0.05, 0) is 62.9 Å². The predicted octanol–water partition coefficient (Wildman–Crippen LogP) is 4.02. The van der Waals surface area contributed by atoms with Gasteiger partial charge in [-0.15, -0.1) is 0 Å². The minimum Gasteiger partial charge on any atom is -0.467 e. The normalized spacial score (nSPS) is 22.2. The maximum atomic E-state index is 13.4. The molecule has 0 unspecified atom stereocenters. The number of hydrogen-bond acceptors (Lipinski definition) is 5. The fourth-order valence-corrected chi connectivity index (χ4v) is 3.78. The Morgan fingerprint density at radius 3 is 2.54 bits per heavy atom. The fourth-order valence-electron chi connectivity index (χ4n) is 3.78. The summed E-state index contributed by atoms with van der Waals surface area (Å²) in [5.74, 6) is -0.289. The second kappa shape index (κ2) is 7.31. The highest BCUT2D eigenvalue weighted by atomic mass is 19.1. The third kappa shape index (κ3) is 3.62. The second-order valence-corrected chi connectivity index (χ2v) is 7.51. The van der Waals surface area contributed by atoms with Crippen molar-refractivity contribution < 1.29 is 14.2 Å². The molecule has 28 heavy (non-hydrogen) atoms. The van der Waals surface area contributed by atoms with Crippen molar-refractivity contribution in [2.24, 2.45) is 0 Å². The smallest absolute Gasteiger partial charge is 0.316 e. The molecule has 1 fully saturated rings. The summed E-state index contributed by atoms with van der Waals surface area (Å²) in [6, 6.07) is 8.60. The zero-order chi connectivity index (χ0) is 19.7. The topological polar surface area (TPSA) is 73.1 Å². The average molecular weight is 382 g/mol. The molecular weight excluding hydrogens is 359 g/mol. The minimum atomic E-state index is -0.616. The zero-order valence-electron chi connectivity index (χ0n) is 16.0. The lowest BCUT2D eigenvalue weighted by Gasteiger charge is -2.34. The number of rotatable bonds is 4. The Balaban J connectivity index is 1.81. The van der Waals surface area contributed by atoms with Crippen molar-refractivity contribution in [3.8, 4) is 28.7 Å². The Labute approximate surface area is 163 Å². The molecule has 0 spiro atoms. The molecule has 0 atom stereocenters. The van der Waals surface area contributed by atoms with Crippen molar-refractivity contribution >= 4 is 0 Å². The number of methoxy groups -OCH3 is 1. The van der Waals surface area contributed by atoms with Gasteiger partial charge in [0.1, 0.15) is 5.82 Å². The monoisotopic (exact) mass is 382 g/mol. The van der Waals surface area contributed by atoms with E-state index >= 15 is 0 Å². The van der Waals surface area contributed by atoms with Gasteiger partial charge in [0, 0.05) is 17.8 Å². The van der Waals surface area contributed by atoms with E-state index in [1.165, 1.54) is 19.2 Å². The Kier molecular flexibility index (Phi) is 4.85. The van der Waals surface area contributed by atoms with Gasteiger partial charge < -0.3 is 14.4 Å². The van der Waals surface area contributed by atoms with Crippen molar-refractivity contribution in [2.75, 3.05) is 7.11 Å². The Hall–Kier alpha value is -2.80. The number of aliphatic hydroxyl groups is 1. The first-order valence-electron chi connectivity index (χ1n) is 9.39. The van der Waals surface area contributed by atoms with Crippen LogP contribution >= 0.6 is 0 Å². The van der Waals surface area contributed by atoms with Crippen LogP contribution in [0.15, 0.2) is 42.9 Å². The van der Waals surface area contributed by atoms with Gasteiger partial charge in [0.2, 0.25) is 0 Å². The van der Waals surface area contributed by atoms with E-state index in [1.54, 1.807) is 18.3 Å². The van der Waals surface area contributed by atoms with Crippen molar-refractivity contribution in [3.63, 3.8) is 0 Å². The maximum Gasteiger partial charge on any atom is 0.316 e. The molecule has 4 rings (SSSR count). The summed E-state index contributed by atoms with van der Waals surface area (Å²) >= 11 is 0. The van der Waals surface area contributed by atoms with E-state index in [2.05, 4.69) is 19.5 Å². The standard InChI is InChI=1S/C21H23FN4O2/c1-21(27)10-7-16(8-11-21)26-13-24-18(14-3-5-15(22)6-4-14)19(26)17-9-12-23-20(25-17)28-2/h3-6,9,12-13,16,27H,7-8,10-11H2,1-2H3. The number of aromatic nitrogens is 4. The van der Waals surface area contributed by atoms with Crippen molar-refractivity contribution in [1.29, 1.82) is 0 Å². The number of imidazole rings is 1. The minimum absolute atomic E-state index is 0.206. The predicted molar refractivity (Wildman–Crippen MR) is 103 cm³/mol. The Morgan fingerprint density at radius 1 is 1.14 bits per heavy atom. The van der Waals surface area contributed by atoms with Gasteiger partial charge in [0.25, 0.3) is 0 Å². The van der Waals surface area contributed by atoms with Crippen LogP contribution in [-0.2, 0) is 0 Å². The molecule has 1 saturated carbocycles. The third-order valence-electron chi connectivity index (χ3n) is 5.40. The lowest BCUT2D eigenvalue weighted by molar-refractivity contribution is 0.0101. The Morgan fingerprint density at radius 2 is 1.86 bits per heavy atom. The van der Waals surface area contributed by atoms with Gasteiger partial charge in [-0.3, -0.25) is 0 Å². The van der Waals surface area contributed by atoms with Gasteiger partial charge >= 0.3 is 6.01 Å². The number of ether oxygens (including phenoxy) is 1. The number of nitrogens with zero attached hydrogens (tertiary/aromatic N) is 4. The van der Waals surface area contributed by atoms with Crippen LogP contribution in [0, 0.1) is 5.82 Å². The number of benzene rings is 1. The fraction of sp³-hybridized carbons (Fsp3) is 0.381. The SMILES string of the molecule is COc1nccc(-c2c(-c3ccc(F)cc3)ncn2C2CCC(C)(O)CC2)n1. The molecule has 6 nitrogen and oxygen atoms in total. The molecular formula is C21H23FN4O2. The summed E-state index contributed by atoms with van der Waals surface area (Å²) in [5.41, 5.74) is 2.48. The van der Waals surface area contributed by atoms with Gasteiger partial charge in [0.05, 0.1) is 36.1 Å². The average Bonchev–Trinajstić information content (AvgIpc) is 3.13. The summed E-state index contributed by atoms with van der Waals surface area (Å²) in [7, 11) is 1.53. The Bertz CT molecular complexity index is 959. The van der Waals surface area contributed by atoms with Crippen molar-refractivity contribution in [1.82, 2.24) is 19.5 Å². The highest BCUT2D eigenvalue weighted by molar-refractivity contribution is 5.77. The first kappa shape index (κ1) is 18.6. The molecule has 0 bridgehead atoms. The summed E-state index contributed by atoms with van der Waals surface area (Å²) in [5, 5.41) is 10.3. The van der Waals surface area contributed by atoms with E-state index in [4.69, 9.17) is 4.74 Å². The summed E-state index contributed by atoms with van der Waals surface area (Å²) in [6.07, 6.45) is 6.62. The second-order valence-electron chi connectivity index (χ2n) is 7.51. The molecule has 1 N–H and O–H groups in total. The van der Waals surface area contributed by atoms with E-state index in [-0.39, 0.29) is 17.9 Å². The highest BCUT2D eigenvalue weighted by Gasteiger charge is 2.31. The lowest BCUT2D eigenvalue weighted by atomic mass is 9.83. The van der Waals surface area contributed by atoms with Gasteiger partial charge in [-0.2, -0.15) is 4.98 Å². The van der Waals surface area contributed by atoms with Crippen molar-refractivity contribution in [2.45, 2.75) is 44.2 Å².